The zero-order chi connectivity index (χ0) is 60.3. The third kappa shape index (κ3) is 10.8. The predicted molar refractivity (Wildman–Crippen MR) is 278 cm³/mol. The van der Waals surface area contributed by atoms with Crippen LogP contribution in [0.1, 0.15) is 92.4 Å². The van der Waals surface area contributed by atoms with E-state index in [-0.39, 0.29) is 47.7 Å². The fourth-order valence-corrected chi connectivity index (χ4v) is 17.2. The van der Waals surface area contributed by atoms with E-state index in [1.807, 2.05) is 0 Å². The quantitative estimate of drug-likeness (QED) is 0.0695. The molecule has 11 fully saturated rings. The molecule has 7 saturated heterocycles. The average Bonchev–Trinajstić information content (AvgIpc) is 1.53. The highest BCUT2D eigenvalue weighted by molar-refractivity contribution is 5.87. The Balaban J connectivity index is 0.778. The van der Waals surface area contributed by atoms with E-state index in [2.05, 4.69) is 27.7 Å². The van der Waals surface area contributed by atoms with Crippen molar-refractivity contribution in [2.75, 3.05) is 46.2 Å². The molecule has 482 valence electrons. The molecular formula is C57H92O27. The number of Topliss-reactive ketones (excluding diaryl/α,β-unsaturated/α-hetero) is 1. The highest BCUT2D eigenvalue weighted by Gasteiger charge is 2.72. The van der Waals surface area contributed by atoms with Crippen LogP contribution < -0.4 is 0 Å². The van der Waals surface area contributed by atoms with Crippen LogP contribution in [0.3, 0.4) is 0 Å². The fraction of sp³-hybridized carbons (Fsp3) is 0.982. The molecule has 11 aliphatic rings. The first-order valence-corrected chi connectivity index (χ1v) is 30.4. The minimum Gasteiger partial charge on any atom is -0.396 e. The Kier molecular flexibility index (Phi) is 18.9. The summed E-state index contributed by atoms with van der Waals surface area (Å²) in [4.78, 5) is 14.8. The largest absolute Gasteiger partial charge is 0.396 e. The topological polar surface area (TPSA) is 411 Å². The van der Waals surface area contributed by atoms with Gasteiger partial charge in [0.2, 0.25) is 0 Å². The predicted octanol–water partition coefficient (Wildman–Crippen LogP) is -3.99. The number of aliphatic hydroxyl groups excluding tert-OH is 14. The maximum absolute atomic E-state index is 14.8. The van der Waals surface area contributed by atoms with Crippen LogP contribution in [0.5, 0.6) is 0 Å². The molecule has 27 heteroatoms. The molecule has 3 unspecified atom stereocenters. The Morgan fingerprint density at radius 3 is 1.70 bits per heavy atom. The van der Waals surface area contributed by atoms with E-state index < -0.39 is 191 Å². The van der Waals surface area contributed by atoms with E-state index in [1.54, 1.807) is 0 Å². The lowest BCUT2D eigenvalue weighted by Gasteiger charge is -2.60. The summed E-state index contributed by atoms with van der Waals surface area (Å²) in [6.07, 6.45) is -33.3. The van der Waals surface area contributed by atoms with Crippen molar-refractivity contribution in [2.45, 2.75) is 246 Å². The molecular weight excluding hydrogens is 1120 g/mol. The van der Waals surface area contributed by atoms with Gasteiger partial charge in [-0.1, -0.05) is 34.6 Å². The number of aliphatic hydroxyl groups is 14. The van der Waals surface area contributed by atoms with Crippen LogP contribution in [-0.4, -0.2) is 277 Å². The van der Waals surface area contributed by atoms with Crippen molar-refractivity contribution in [2.24, 2.45) is 57.7 Å². The molecule has 0 radical (unpaired) electrons. The van der Waals surface area contributed by atoms with Crippen molar-refractivity contribution in [1.82, 2.24) is 0 Å². The Morgan fingerprint density at radius 1 is 0.548 bits per heavy atom. The van der Waals surface area contributed by atoms with Crippen LogP contribution >= 0.6 is 0 Å². The van der Waals surface area contributed by atoms with Crippen LogP contribution in [0.25, 0.3) is 0 Å². The first-order chi connectivity index (χ1) is 39.9. The van der Waals surface area contributed by atoms with Gasteiger partial charge in [0.05, 0.1) is 58.5 Å². The van der Waals surface area contributed by atoms with Crippen molar-refractivity contribution in [3.05, 3.63) is 0 Å². The molecule has 27 nitrogen and oxygen atoms in total. The second-order valence-electron chi connectivity index (χ2n) is 27.2. The number of carbonyl (C=O) groups is 1. The van der Waals surface area contributed by atoms with Gasteiger partial charge in [-0.3, -0.25) is 4.79 Å². The molecule has 1 spiro atoms. The Morgan fingerprint density at radius 2 is 1.11 bits per heavy atom. The number of rotatable bonds is 15. The fourth-order valence-electron chi connectivity index (χ4n) is 17.2. The van der Waals surface area contributed by atoms with Crippen LogP contribution in [-0.2, 0) is 61.6 Å². The van der Waals surface area contributed by atoms with Crippen LogP contribution in [0.2, 0.25) is 0 Å². The van der Waals surface area contributed by atoms with Crippen molar-refractivity contribution in [3.8, 4) is 0 Å². The molecule has 11 rings (SSSR count). The van der Waals surface area contributed by atoms with E-state index in [9.17, 15) is 76.3 Å². The van der Waals surface area contributed by atoms with Crippen molar-refractivity contribution >= 4 is 5.78 Å². The summed E-state index contributed by atoms with van der Waals surface area (Å²) in [7, 11) is 0. The summed E-state index contributed by atoms with van der Waals surface area (Å²) in [5, 5.41) is 154. The third-order valence-electron chi connectivity index (χ3n) is 22.4. The lowest BCUT2D eigenvalue weighted by Crippen LogP contribution is -2.69. The summed E-state index contributed by atoms with van der Waals surface area (Å²) in [5.41, 5.74) is -1.84. The second-order valence-corrected chi connectivity index (χ2v) is 27.2. The molecule has 7 aliphatic heterocycles. The van der Waals surface area contributed by atoms with Crippen LogP contribution in [0, 0.1) is 57.7 Å². The molecule has 0 aromatic rings. The third-order valence-corrected chi connectivity index (χ3v) is 22.4. The van der Waals surface area contributed by atoms with E-state index in [0.29, 0.717) is 43.5 Å². The Labute approximate surface area is 487 Å². The summed E-state index contributed by atoms with van der Waals surface area (Å²) < 4.78 is 73.5. The summed E-state index contributed by atoms with van der Waals surface area (Å²) in [6.45, 7) is 6.86. The second kappa shape index (κ2) is 24.7. The maximum Gasteiger partial charge on any atom is 0.187 e. The molecule has 4 saturated carbocycles. The van der Waals surface area contributed by atoms with Gasteiger partial charge in [0.25, 0.3) is 0 Å². The molecule has 4 aliphatic carbocycles. The number of ketones is 1. The average molecular weight is 1210 g/mol. The van der Waals surface area contributed by atoms with Gasteiger partial charge in [-0.25, -0.2) is 0 Å². The van der Waals surface area contributed by atoms with Crippen molar-refractivity contribution in [1.29, 1.82) is 0 Å². The number of hydrogen-bond acceptors (Lipinski definition) is 27. The van der Waals surface area contributed by atoms with E-state index in [0.717, 1.165) is 38.5 Å². The van der Waals surface area contributed by atoms with Gasteiger partial charge in [-0.05, 0) is 80.0 Å². The molecule has 14 N–H and O–H groups in total. The van der Waals surface area contributed by atoms with E-state index in [4.69, 9.17) is 56.8 Å². The molecule has 0 aromatic carbocycles. The molecule has 35 atom stereocenters. The Bertz CT molecular complexity index is 2240. The standard InChI is InChI=1S/C57H92O27/c1-22-8-11-57(74-19-22)23(2)35-29(84-57)13-28-26-7-6-24-12-25(9-10-55(24,4)27(26)14-34(63)56(28,35)5)75-49-42(70)39(67)44(32(17-60)78-49)80-52-47(83-50-41(69)38(66)36(64)30(15-58)76-50)46(37(65)31(16-59)77-52)82-51-43(71)40(68)45(33(18-61)79-51)81-53-48(72)54(3,20-62)21-73-53/h22-33,35-53,58-62,64-72H,6-21H2,1-5H3/t22-,23?,24+,25+,26-,27+,28+,29?,30-,31-,32-,33-,35?,36-,37-,38+,39-,40-,41-,42-,43-,44+,45-,46+,47-,48+,49-,50+,51+,52+,53+,54+,55+,56-,57-/m1/s1. The molecule has 0 aromatic heterocycles. The highest BCUT2D eigenvalue weighted by atomic mass is 16.8. The van der Waals surface area contributed by atoms with Gasteiger partial charge in [0.1, 0.15) is 110 Å². The van der Waals surface area contributed by atoms with Gasteiger partial charge >= 0.3 is 0 Å². The van der Waals surface area contributed by atoms with Gasteiger partial charge in [-0.15, -0.1) is 0 Å². The van der Waals surface area contributed by atoms with E-state index in [1.165, 1.54) is 6.92 Å². The zero-order valence-corrected chi connectivity index (χ0v) is 48.3. The molecule has 0 amide bonds. The molecule has 84 heavy (non-hydrogen) atoms. The SMILES string of the molecule is CC1C2C(C[C@H]3[C@@H]4CC[C@H]5C[C@@H](O[C@@H]6O[C@H](CO)[C@H](O[C@@H]7O[C@H](CO)[C@@H](O)[C@H](O[C@@H]8O[C@H](CO)[C@@H](O[C@@H]9OC[C@](C)(CO)[C@H]9O)[C@H](O)[C@H]8O)[C@H]7O[C@@H]7O[C@H](CO)[C@@H](O)[C@H](O)[C@H]7O)[C@H](O)[C@H]6O)CC[C@]5(C)[C@H]4CC(=O)[C@]23C)O[C@]12CC[C@@H](C)CO2. The van der Waals surface area contributed by atoms with Crippen molar-refractivity contribution in [3.63, 3.8) is 0 Å². The van der Waals surface area contributed by atoms with Crippen LogP contribution in [0.4, 0.5) is 0 Å². The normalized spacial score (nSPS) is 56.7. The summed E-state index contributed by atoms with van der Waals surface area (Å²) in [6, 6.07) is 0. The number of fused-ring (bicyclic) bond motifs is 7. The molecule has 7 heterocycles. The number of hydrogen-bond donors (Lipinski definition) is 14. The minimum atomic E-state index is -2.10. The molecule has 0 bridgehead atoms. The van der Waals surface area contributed by atoms with Gasteiger partial charge in [0.15, 0.2) is 37.2 Å². The lowest BCUT2D eigenvalue weighted by atomic mass is 9.44. The zero-order valence-electron chi connectivity index (χ0n) is 48.3. The van der Waals surface area contributed by atoms with Crippen LogP contribution in [0.15, 0.2) is 0 Å². The van der Waals surface area contributed by atoms with Gasteiger partial charge in [0, 0.05) is 35.5 Å². The lowest BCUT2D eigenvalue weighted by molar-refractivity contribution is -0.408. The number of carbonyl (C=O) groups excluding carboxylic acids is 1. The summed E-state index contributed by atoms with van der Waals surface area (Å²) >= 11 is 0. The number of ether oxygens (including phenoxy) is 12. The minimum absolute atomic E-state index is 0.0318. The van der Waals surface area contributed by atoms with Crippen molar-refractivity contribution < 1.29 is 133 Å². The van der Waals surface area contributed by atoms with E-state index >= 15 is 0 Å². The highest BCUT2D eigenvalue weighted by Crippen LogP contribution is 2.70. The maximum atomic E-state index is 14.8. The first-order valence-electron chi connectivity index (χ1n) is 30.4. The smallest absolute Gasteiger partial charge is 0.187 e. The monoisotopic (exact) mass is 1210 g/mol. The van der Waals surface area contributed by atoms with Gasteiger partial charge < -0.3 is 128 Å². The first kappa shape index (κ1) is 64.2. The van der Waals surface area contributed by atoms with Gasteiger partial charge in [-0.2, -0.15) is 0 Å². The Hall–Kier alpha value is -1.37. The summed E-state index contributed by atoms with van der Waals surface area (Å²) in [5.74, 6) is 1.20.